The van der Waals surface area contributed by atoms with Gasteiger partial charge < -0.3 is 30.6 Å². The minimum absolute atomic E-state index is 0.00467. The maximum absolute atomic E-state index is 12.8. The van der Waals surface area contributed by atoms with E-state index in [-0.39, 0.29) is 41.8 Å². The van der Waals surface area contributed by atoms with Crippen molar-refractivity contribution in [3.8, 4) is 0 Å². The number of allylic oxidation sites excluding steroid dienone is 2. The molecule has 0 aromatic carbocycles. The van der Waals surface area contributed by atoms with E-state index in [1.807, 2.05) is 0 Å². The van der Waals surface area contributed by atoms with Crippen LogP contribution in [-0.4, -0.2) is 68.1 Å². The lowest BCUT2D eigenvalue weighted by molar-refractivity contribution is -0.260. The zero-order chi connectivity index (χ0) is 27.4. The number of carboxylic acids is 1. The molecule has 37 heavy (non-hydrogen) atoms. The molecule has 0 aromatic rings. The van der Waals surface area contributed by atoms with Crippen molar-refractivity contribution >= 4 is 5.97 Å². The second-order valence-corrected chi connectivity index (χ2v) is 15.0. The van der Waals surface area contributed by atoms with Crippen LogP contribution in [0.3, 0.4) is 0 Å². The van der Waals surface area contributed by atoms with Crippen molar-refractivity contribution in [1.82, 2.24) is 0 Å². The summed E-state index contributed by atoms with van der Waals surface area (Å²) in [5, 5.41) is 65.1. The zero-order valence-electron chi connectivity index (χ0n) is 23.2. The summed E-state index contributed by atoms with van der Waals surface area (Å²) >= 11 is 0. The molecule has 0 aliphatic heterocycles. The summed E-state index contributed by atoms with van der Waals surface area (Å²) in [6, 6.07) is 0. The first-order chi connectivity index (χ1) is 17.1. The lowest BCUT2D eigenvalue weighted by Gasteiger charge is -2.72. The molecule has 5 aliphatic carbocycles. The van der Waals surface area contributed by atoms with Crippen LogP contribution in [0.2, 0.25) is 0 Å². The molecule has 210 valence electrons. The molecule has 0 amide bonds. The van der Waals surface area contributed by atoms with E-state index in [0.717, 1.165) is 25.7 Å². The van der Waals surface area contributed by atoms with Crippen molar-refractivity contribution in [2.75, 3.05) is 13.2 Å². The van der Waals surface area contributed by atoms with Gasteiger partial charge in [-0.3, -0.25) is 4.79 Å². The lowest BCUT2D eigenvalue weighted by Crippen LogP contribution is -2.70. The highest BCUT2D eigenvalue weighted by molar-refractivity contribution is 5.77. The molecule has 0 bridgehead atoms. The van der Waals surface area contributed by atoms with Crippen LogP contribution in [0.4, 0.5) is 0 Å². The average Bonchev–Trinajstić information content (AvgIpc) is 2.80. The minimum atomic E-state index is -1.19. The Labute approximate surface area is 221 Å². The van der Waals surface area contributed by atoms with Crippen LogP contribution >= 0.6 is 0 Å². The summed E-state index contributed by atoms with van der Waals surface area (Å²) in [7, 11) is 0. The Bertz CT molecular complexity index is 986. The molecule has 7 nitrogen and oxygen atoms in total. The van der Waals surface area contributed by atoms with Gasteiger partial charge in [0.1, 0.15) is 5.41 Å². The van der Waals surface area contributed by atoms with E-state index < -0.39 is 45.9 Å². The lowest BCUT2D eigenvalue weighted by atomic mass is 9.33. The topological polar surface area (TPSA) is 138 Å². The number of fused-ring (bicyclic) bond motifs is 7. The predicted molar refractivity (Wildman–Crippen MR) is 138 cm³/mol. The average molecular weight is 521 g/mol. The summed E-state index contributed by atoms with van der Waals surface area (Å²) in [4.78, 5) is 12.8. The molecule has 4 saturated carbocycles. The van der Waals surface area contributed by atoms with Gasteiger partial charge in [0.2, 0.25) is 0 Å². The largest absolute Gasteiger partial charge is 0.481 e. The van der Waals surface area contributed by atoms with Gasteiger partial charge in [-0.05, 0) is 90.8 Å². The van der Waals surface area contributed by atoms with E-state index in [9.17, 15) is 35.4 Å². The SMILES string of the molecule is CC1(C)CC[C@]2(C(=O)O)[C@H](O)C[C@]3(C)C(=CC[C@H]4[C@]5(C)C[C@H](O)[C@H](O)C(CO)(CO)[C@@H]5CC[C@]43C)[C@H]2C1. The van der Waals surface area contributed by atoms with Crippen LogP contribution in [0.25, 0.3) is 0 Å². The van der Waals surface area contributed by atoms with Crippen molar-refractivity contribution in [3.63, 3.8) is 0 Å². The maximum Gasteiger partial charge on any atom is 0.312 e. The van der Waals surface area contributed by atoms with Gasteiger partial charge in [-0.15, -0.1) is 0 Å². The first-order valence-corrected chi connectivity index (χ1v) is 14.3. The van der Waals surface area contributed by atoms with E-state index in [2.05, 4.69) is 40.7 Å². The summed E-state index contributed by atoms with van der Waals surface area (Å²) in [6.07, 6.45) is 4.08. The van der Waals surface area contributed by atoms with Crippen molar-refractivity contribution in [3.05, 3.63) is 11.6 Å². The highest BCUT2D eigenvalue weighted by Gasteiger charge is 2.72. The second kappa shape index (κ2) is 8.26. The van der Waals surface area contributed by atoms with Crippen LogP contribution in [0.1, 0.15) is 86.0 Å². The first-order valence-electron chi connectivity index (χ1n) is 14.3. The molecule has 5 aliphatic rings. The third-order valence-corrected chi connectivity index (χ3v) is 13.2. The van der Waals surface area contributed by atoms with Gasteiger partial charge in [-0.1, -0.05) is 46.3 Å². The van der Waals surface area contributed by atoms with E-state index in [0.29, 0.717) is 25.7 Å². The number of aliphatic hydroxyl groups excluding tert-OH is 5. The quantitative estimate of drug-likeness (QED) is 0.314. The van der Waals surface area contributed by atoms with E-state index in [1.54, 1.807) is 0 Å². The van der Waals surface area contributed by atoms with E-state index in [1.165, 1.54) is 5.57 Å². The molecule has 5 rings (SSSR count). The summed E-state index contributed by atoms with van der Waals surface area (Å²) in [5.74, 6) is -1.18. The van der Waals surface area contributed by atoms with Crippen molar-refractivity contribution in [1.29, 1.82) is 0 Å². The molecule has 0 saturated heterocycles. The standard InChI is InChI=1S/C30H48O7/c1-25(2)10-11-30(24(36)37)18(12-25)17-6-7-20-26(3)13-19(33)23(35)29(15-31,16-32)21(26)8-9-27(20,4)28(17,5)14-22(30)34/h6,18-23,31-35H,7-16H2,1-5H3,(H,36,37)/t18-,19+,20+,21-,22-,23+,26+,27-,28-,30-/m1/s1. The number of hydrogen-bond acceptors (Lipinski definition) is 6. The zero-order valence-corrected chi connectivity index (χ0v) is 23.2. The van der Waals surface area contributed by atoms with Gasteiger partial charge >= 0.3 is 5.97 Å². The summed E-state index contributed by atoms with van der Waals surface area (Å²) in [5.41, 5.74) is -2.26. The fraction of sp³-hybridized carbons (Fsp3) is 0.900. The molecule has 0 unspecified atom stereocenters. The Balaban J connectivity index is 1.64. The summed E-state index contributed by atoms with van der Waals surface area (Å²) in [6.45, 7) is 10.3. The molecular formula is C30H48O7. The number of hydrogen-bond donors (Lipinski definition) is 6. The Hall–Kier alpha value is -0.990. The van der Waals surface area contributed by atoms with Crippen molar-refractivity contribution in [2.24, 2.45) is 50.2 Å². The van der Waals surface area contributed by atoms with E-state index in [4.69, 9.17) is 0 Å². The van der Waals surface area contributed by atoms with Gasteiger partial charge in [-0.2, -0.15) is 0 Å². The number of aliphatic carboxylic acids is 1. The number of carbonyl (C=O) groups is 1. The van der Waals surface area contributed by atoms with Gasteiger partial charge in [0.25, 0.3) is 0 Å². The number of carboxylic acid groups (broad SMARTS) is 1. The molecule has 4 fully saturated rings. The summed E-state index contributed by atoms with van der Waals surface area (Å²) < 4.78 is 0. The van der Waals surface area contributed by atoms with Gasteiger partial charge in [-0.25, -0.2) is 0 Å². The van der Waals surface area contributed by atoms with Crippen LogP contribution in [-0.2, 0) is 4.79 Å². The maximum atomic E-state index is 12.8. The Morgan fingerprint density at radius 3 is 2.16 bits per heavy atom. The monoisotopic (exact) mass is 520 g/mol. The van der Waals surface area contributed by atoms with Crippen molar-refractivity contribution in [2.45, 2.75) is 104 Å². The van der Waals surface area contributed by atoms with Crippen LogP contribution in [0, 0.1) is 50.2 Å². The highest BCUT2D eigenvalue weighted by atomic mass is 16.4. The molecule has 0 radical (unpaired) electrons. The fourth-order valence-corrected chi connectivity index (χ4v) is 10.9. The molecule has 0 aromatic heterocycles. The van der Waals surface area contributed by atoms with Crippen LogP contribution < -0.4 is 0 Å². The highest BCUT2D eigenvalue weighted by Crippen LogP contribution is 2.75. The van der Waals surface area contributed by atoms with E-state index >= 15 is 0 Å². The Kier molecular flexibility index (Phi) is 6.16. The smallest absolute Gasteiger partial charge is 0.312 e. The van der Waals surface area contributed by atoms with Crippen LogP contribution in [0.15, 0.2) is 11.6 Å². The predicted octanol–water partition coefficient (Wildman–Crippen LogP) is 3.12. The molecule has 10 atom stereocenters. The molecule has 7 heteroatoms. The second-order valence-electron chi connectivity index (χ2n) is 15.0. The Morgan fingerprint density at radius 1 is 0.919 bits per heavy atom. The van der Waals surface area contributed by atoms with Crippen molar-refractivity contribution < 1.29 is 35.4 Å². The minimum Gasteiger partial charge on any atom is -0.481 e. The molecular weight excluding hydrogens is 472 g/mol. The molecule has 0 spiro atoms. The number of aliphatic hydroxyl groups is 5. The number of rotatable bonds is 3. The van der Waals surface area contributed by atoms with Gasteiger partial charge in [0.05, 0.1) is 31.5 Å². The van der Waals surface area contributed by atoms with Gasteiger partial charge in [0.15, 0.2) is 0 Å². The Morgan fingerprint density at radius 2 is 1.57 bits per heavy atom. The third-order valence-electron chi connectivity index (χ3n) is 13.2. The first kappa shape index (κ1) is 27.6. The fourth-order valence-electron chi connectivity index (χ4n) is 10.9. The third kappa shape index (κ3) is 3.21. The molecule has 0 heterocycles. The molecule has 6 N–H and O–H groups in total. The van der Waals surface area contributed by atoms with Gasteiger partial charge in [0, 0.05) is 5.41 Å². The normalized spacial score (nSPS) is 52.1. The van der Waals surface area contributed by atoms with Crippen LogP contribution in [0.5, 0.6) is 0 Å².